The fourth-order valence-electron chi connectivity index (χ4n) is 3.40. The first-order valence-electron chi connectivity index (χ1n) is 9.86. The highest BCUT2D eigenvalue weighted by Crippen LogP contribution is 2.38. The van der Waals surface area contributed by atoms with Gasteiger partial charge in [0.1, 0.15) is 11.9 Å². The van der Waals surface area contributed by atoms with E-state index in [1.165, 1.54) is 0 Å². The number of allylic oxidation sites excluding steroid dienone is 4. The third-order valence-electron chi connectivity index (χ3n) is 5.67. The summed E-state index contributed by atoms with van der Waals surface area (Å²) in [4.78, 5) is 20.8. The average molecular weight is 481 g/mol. The number of carbonyl (C=O) groups excluding carboxylic acids is 1. The van der Waals surface area contributed by atoms with Gasteiger partial charge >= 0.3 is 0 Å². The number of hydrogen-bond donors (Lipinski definition) is 2. The highest BCUT2D eigenvalue weighted by molar-refractivity contribution is 9.11. The molecule has 158 valence electrons. The number of aryl methyl sites for hydroxylation is 1. The van der Waals surface area contributed by atoms with Crippen LogP contribution in [-0.2, 0) is 4.79 Å². The number of amides is 1. The second kappa shape index (κ2) is 9.04. The fraction of sp³-hybridized carbons (Fsp3) is 0.600. The molecule has 1 aliphatic carbocycles. The van der Waals surface area contributed by atoms with Gasteiger partial charge in [0.2, 0.25) is 5.91 Å². The third kappa shape index (κ3) is 5.12. The largest absolute Gasteiger partial charge is 0.359 e. The molecule has 1 aromatic rings. The third-order valence-corrected chi connectivity index (χ3v) is 7.54. The number of fused-ring (bicyclic) bond motifs is 1. The molecule has 7 nitrogen and oxygen atoms in total. The Morgan fingerprint density at radius 1 is 1.45 bits per heavy atom. The molecule has 0 bridgehead atoms. The molecule has 2 N–H and O–H groups in total. The van der Waals surface area contributed by atoms with E-state index in [-0.39, 0.29) is 23.7 Å². The first kappa shape index (κ1) is 22.1. The smallest absolute Gasteiger partial charge is 0.222 e. The predicted molar refractivity (Wildman–Crippen MR) is 123 cm³/mol. The van der Waals surface area contributed by atoms with Gasteiger partial charge in [0, 0.05) is 28.4 Å². The van der Waals surface area contributed by atoms with Gasteiger partial charge in [-0.05, 0) is 37.1 Å². The van der Waals surface area contributed by atoms with Crippen LogP contribution in [0.3, 0.4) is 0 Å². The van der Waals surface area contributed by atoms with E-state index in [0.717, 1.165) is 28.9 Å². The highest BCUT2D eigenvalue weighted by atomic mass is 79.9. The van der Waals surface area contributed by atoms with Gasteiger partial charge in [-0.15, -0.1) is 10.2 Å². The Morgan fingerprint density at radius 2 is 2.21 bits per heavy atom. The lowest BCUT2D eigenvalue weighted by Gasteiger charge is -2.35. The van der Waals surface area contributed by atoms with E-state index in [4.69, 9.17) is 4.99 Å². The van der Waals surface area contributed by atoms with Gasteiger partial charge in [-0.25, -0.2) is 4.68 Å². The normalized spacial score (nSPS) is 26.6. The van der Waals surface area contributed by atoms with Gasteiger partial charge in [-0.2, -0.15) is 0 Å². The van der Waals surface area contributed by atoms with Crippen LogP contribution in [0.4, 0.5) is 0 Å². The number of halogens is 1. The molecule has 2 aliphatic rings. The maximum Gasteiger partial charge on any atom is 0.222 e. The van der Waals surface area contributed by atoms with Crippen molar-refractivity contribution >= 4 is 39.5 Å². The maximum absolute atomic E-state index is 12.3. The summed E-state index contributed by atoms with van der Waals surface area (Å²) in [7, 11) is 1.65. The summed E-state index contributed by atoms with van der Waals surface area (Å²) >= 11 is 5.21. The van der Waals surface area contributed by atoms with Crippen molar-refractivity contribution in [3.63, 3.8) is 0 Å². The number of rotatable bonds is 3. The van der Waals surface area contributed by atoms with Gasteiger partial charge in [0.15, 0.2) is 5.82 Å². The summed E-state index contributed by atoms with van der Waals surface area (Å²) in [6.45, 7) is 8.68. The fourth-order valence-corrected chi connectivity index (χ4v) is 4.63. The van der Waals surface area contributed by atoms with Crippen LogP contribution in [0.15, 0.2) is 27.7 Å². The number of aliphatic imine (C=N–C) groups is 1. The minimum atomic E-state index is -0.397. The standard InChI is InChI=1S/C20H29BrN6OS/c1-12-20(3,4)11-17(14-6-8-15(21)9-7-14)23-16(10-18(28)22-5)19-25-24-13(2)27(19)26-29-12/h6,8-9,12,14,16,26H,7,10-11H2,1-5H3,(H,22,28). The topological polar surface area (TPSA) is 84.2 Å². The molecule has 29 heavy (non-hydrogen) atoms. The molecule has 3 rings (SSSR count). The molecule has 3 unspecified atom stereocenters. The second-order valence-corrected chi connectivity index (χ2v) is 10.3. The molecule has 1 amide bonds. The predicted octanol–water partition coefficient (Wildman–Crippen LogP) is 4.07. The maximum atomic E-state index is 12.3. The van der Waals surface area contributed by atoms with Gasteiger partial charge in [0.25, 0.3) is 0 Å². The van der Waals surface area contributed by atoms with Crippen LogP contribution in [0.1, 0.15) is 57.7 Å². The lowest BCUT2D eigenvalue weighted by molar-refractivity contribution is -0.121. The molecular formula is C20H29BrN6OS. The zero-order valence-electron chi connectivity index (χ0n) is 17.6. The van der Waals surface area contributed by atoms with Gasteiger partial charge in [-0.1, -0.05) is 54.9 Å². The van der Waals surface area contributed by atoms with E-state index < -0.39 is 6.04 Å². The van der Waals surface area contributed by atoms with Crippen molar-refractivity contribution in [2.45, 2.75) is 58.2 Å². The van der Waals surface area contributed by atoms with E-state index in [2.05, 4.69) is 75.3 Å². The van der Waals surface area contributed by atoms with Crippen molar-refractivity contribution in [3.05, 3.63) is 34.4 Å². The first-order valence-corrected chi connectivity index (χ1v) is 11.5. The Bertz CT molecular complexity index is 859. The molecule has 0 fully saturated rings. The number of nitrogens with zero attached hydrogens (tertiary/aromatic N) is 4. The lowest BCUT2D eigenvalue weighted by Crippen LogP contribution is -2.34. The van der Waals surface area contributed by atoms with Crippen molar-refractivity contribution in [2.24, 2.45) is 16.3 Å². The van der Waals surface area contributed by atoms with E-state index >= 15 is 0 Å². The number of nitrogens with one attached hydrogen (secondary N) is 2. The van der Waals surface area contributed by atoms with E-state index in [1.807, 2.05) is 11.6 Å². The molecule has 0 saturated carbocycles. The van der Waals surface area contributed by atoms with Crippen molar-refractivity contribution in [1.29, 1.82) is 0 Å². The Hall–Kier alpha value is -1.61. The Kier molecular flexibility index (Phi) is 6.88. The van der Waals surface area contributed by atoms with E-state index in [9.17, 15) is 4.79 Å². The minimum Gasteiger partial charge on any atom is -0.359 e. The van der Waals surface area contributed by atoms with Crippen LogP contribution in [0, 0.1) is 18.3 Å². The molecule has 0 radical (unpaired) electrons. The molecule has 3 atom stereocenters. The SMILES string of the molecule is CNC(=O)CC1N=C(C2C=CC(Br)=CC2)CC(C)(C)C(C)SNn2c(C)nnc21. The van der Waals surface area contributed by atoms with Gasteiger partial charge < -0.3 is 5.32 Å². The Labute approximate surface area is 185 Å². The first-order chi connectivity index (χ1) is 13.7. The minimum absolute atomic E-state index is 0.0136. The monoisotopic (exact) mass is 480 g/mol. The number of aromatic nitrogens is 3. The van der Waals surface area contributed by atoms with Crippen LogP contribution in [0.25, 0.3) is 0 Å². The molecule has 9 heteroatoms. The Morgan fingerprint density at radius 3 is 2.86 bits per heavy atom. The zero-order valence-corrected chi connectivity index (χ0v) is 20.0. The van der Waals surface area contributed by atoms with Crippen molar-refractivity contribution < 1.29 is 4.79 Å². The molecule has 0 aromatic carbocycles. The van der Waals surface area contributed by atoms with Crippen molar-refractivity contribution in [3.8, 4) is 0 Å². The van der Waals surface area contributed by atoms with Crippen molar-refractivity contribution in [2.75, 3.05) is 11.9 Å². The summed E-state index contributed by atoms with van der Waals surface area (Å²) in [5.41, 5.74) is 1.12. The molecule has 0 spiro atoms. The summed E-state index contributed by atoms with van der Waals surface area (Å²) in [5.74, 6) is 1.56. The number of carbonyl (C=O) groups is 1. The average Bonchev–Trinajstić information content (AvgIpc) is 3.05. The summed E-state index contributed by atoms with van der Waals surface area (Å²) in [6, 6.07) is -0.397. The summed E-state index contributed by atoms with van der Waals surface area (Å²) in [5, 5.41) is 11.6. The molecule has 1 aromatic heterocycles. The second-order valence-electron chi connectivity index (χ2n) is 8.26. The van der Waals surface area contributed by atoms with Crippen molar-refractivity contribution in [1.82, 2.24) is 20.2 Å². The molecule has 2 heterocycles. The van der Waals surface area contributed by atoms with Gasteiger partial charge in [0.05, 0.1) is 6.42 Å². The van der Waals surface area contributed by atoms with E-state index in [0.29, 0.717) is 11.1 Å². The van der Waals surface area contributed by atoms with Crippen LogP contribution in [-0.4, -0.2) is 38.8 Å². The highest BCUT2D eigenvalue weighted by Gasteiger charge is 2.34. The summed E-state index contributed by atoms with van der Waals surface area (Å²) in [6.07, 6.45) is 8.44. The molecule has 1 aliphatic heterocycles. The lowest BCUT2D eigenvalue weighted by atomic mass is 9.79. The van der Waals surface area contributed by atoms with Crippen LogP contribution in [0.2, 0.25) is 0 Å². The van der Waals surface area contributed by atoms with Crippen LogP contribution < -0.4 is 10.1 Å². The van der Waals surface area contributed by atoms with Gasteiger partial charge in [-0.3, -0.25) is 14.6 Å². The quantitative estimate of drug-likeness (QED) is 0.636. The van der Waals surface area contributed by atoms with Crippen LogP contribution >= 0.6 is 27.9 Å². The zero-order chi connectivity index (χ0) is 21.2. The summed E-state index contributed by atoms with van der Waals surface area (Å²) < 4.78 is 2.96. The molecular weight excluding hydrogens is 452 g/mol. The van der Waals surface area contributed by atoms with Crippen LogP contribution in [0.5, 0.6) is 0 Å². The molecule has 0 saturated heterocycles. The number of hydrogen-bond acceptors (Lipinski definition) is 6. The Balaban J connectivity index is 2.09. The van der Waals surface area contributed by atoms with E-state index in [1.54, 1.807) is 19.0 Å².